The second-order valence-electron chi connectivity index (χ2n) is 4.59. The molecular weight excluding hydrogens is 234 g/mol. The zero-order chi connectivity index (χ0) is 14.0. The average Bonchev–Trinajstić information content (AvgIpc) is 2.35. The number of hydrogen-bond donors (Lipinski definition) is 2. The fourth-order valence-electron chi connectivity index (χ4n) is 1.60. The van der Waals surface area contributed by atoms with E-state index in [0.29, 0.717) is 12.5 Å². The summed E-state index contributed by atoms with van der Waals surface area (Å²) in [4.78, 5) is 21.9. The Balaban J connectivity index is 3.88. The van der Waals surface area contributed by atoms with E-state index >= 15 is 0 Å². The Labute approximate surface area is 109 Å². The average molecular weight is 259 g/mol. The van der Waals surface area contributed by atoms with Gasteiger partial charge >= 0.3 is 11.9 Å². The zero-order valence-corrected chi connectivity index (χ0v) is 11.4. The summed E-state index contributed by atoms with van der Waals surface area (Å²) in [7, 11) is 0. The molecule has 0 aliphatic heterocycles. The van der Waals surface area contributed by atoms with Crippen molar-refractivity contribution in [2.24, 2.45) is 11.7 Å². The molecule has 0 aliphatic rings. The first kappa shape index (κ1) is 16.9. The molecule has 2 atom stereocenters. The summed E-state index contributed by atoms with van der Waals surface area (Å²) in [5, 5.41) is 8.49. The number of ether oxygens (including phenoxy) is 1. The standard InChI is InChI=1S/C13H25NO4/c1-3-5-6-10(4-2)9-18-13(17)11(14)7-8-12(15)16/h10-11H,3-9,14H2,1-2H3,(H,15,16)/t10?,11-/m0/s1. The van der Waals surface area contributed by atoms with E-state index in [4.69, 9.17) is 15.6 Å². The quantitative estimate of drug-likeness (QED) is 0.585. The van der Waals surface area contributed by atoms with Crippen molar-refractivity contribution in [2.75, 3.05) is 6.61 Å². The molecule has 0 saturated heterocycles. The molecule has 106 valence electrons. The van der Waals surface area contributed by atoms with Crippen molar-refractivity contribution in [2.45, 2.75) is 58.4 Å². The normalized spacial score (nSPS) is 13.9. The van der Waals surface area contributed by atoms with Crippen molar-refractivity contribution in [1.82, 2.24) is 0 Å². The lowest BCUT2D eigenvalue weighted by atomic mass is 10.0. The summed E-state index contributed by atoms with van der Waals surface area (Å²) in [6.45, 7) is 4.58. The van der Waals surface area contributed by atoms with Gasteiger partial charge in [-0.1, -0.05) is 33.1 Å². The topological polar surface area (TPSA) is 89.6 Å². The van der Waals surface area contributed by atoms with Crippen LogP contribution in [0.15, 0.2) is 0 Å². The highest BCUT2D eigenvalue weighted by molar-refractivity contribution is 5.76. The SMILES string of the molecule is CCCCC(CC)COC(=O)[C@@H](N)CCC(=O)O. The number of nitrogens with two attached hydrogens (primary N) is 1. The van der Waals surface area contributed by atoms with Gasteiger partial charge in [0.1, 0.15) is 6.04 Å². The fourth-order valence-corrected chi connectivity index (χ4v) is 1.60. The van der Waals surface area contributed by atoms with Gasteiger partial charge in [-0.3, -0.25) is 9.59 Å². The van der Waals surface area contributed by atoms with E-state index < -0.39 is 18.0 Å². The molecule has 0 amide bonds. The Kier molecular flexibility index (Phi) is 9.28. The van der Waals surface area contributed by atoms with Gasteiger partial charge in [0.15, 0.2) is 0 Å². The third-order valence-corrected chi connectivity index (χ3v) is 2.98. The van der Waals surface area contributed by atoms with Crippen LogP contribution >= 0.6 is 0 Å². The van der Waals surface area contributed by atoms with Gasteiger partial charge in [-0.2, -0.15) is 0 Å². The molecule has 0 fully saturated rings. The summed E-state index contributed by atoms with van der Waals surface area (Å²) < 4.78 is 5.13. The van der Waals surface area contributed by atoms with Crippen molar-refractivity contribution in [1.29, 1.82) is 0 Å². The number of rotatable bonds is 10. The van der Waals surface area contributed by atoms with Crippen LogP contribution in [0.5, 0.6) is 0 Å². The van der Waals surface area contributed by atoms with Crippen LogP contribution in [0, 0.1) is 5.92 Å². The number of carboxylic acids is 1. The summed E-state index contributed by atoms with van der Waals surface area (Å²) >= 11 is 0. The highest BCUT2D eigenvalue weighted by Crippen LogP contribution is 2.13. The first-order valence-electron chi connectivity index (χ1n) is 6.65. The Morgan fingerprint density at radius 1 is 1.28 bits per heavy atom. The van der Waals surface area contributed by atoms with E-state index in [1.165, 1.54) is 0 Å². The molecule has 3 N–H and O–H groups in total. The van der Waals surface area contributed by atoms with Crippen molar-refractivity contribution in [3.63, 3.8) is 0 Å². The maximum atomic E-state index is 11.5. The molecule has 0 aromatic carbocycles. The van der Waals surface area contributed by atoms with Crippen molar-refractivity contribution < 1.29 is 19.4 Å². The predicted octanol–water partition coefficient (Wildman–Crippen LogP) is 1.94. The lowest BCUT2D eigenvalue weighted by Gasteiger charge is -2.16. The first-order chi connectivity index (χ1) is 8.51. The first-order valence-corrected chi connectivity index (χ1v) is 6.65. The largest absolute Gasteiger partial charge is 0.481 e. The molecule has 0 aliphatic carbocycles. The van der Waals surface area contributed by atoms with Gasteiger partial charge in [0.2, 0.25) is 0 Å². The van der Waals surface area contributed by atoms with Crippen LogP contribution in [0.2, 0.25) is 0 Å². The molecule has 0 spiro atoms. The van der Waals surface area contributed by atoms with Crippen LogP contribution in [0.3, 0.4) is 0 Å². The summed E-state index contributed by atoms with van der Waals surface area (Å²) in [6.07, 6.45) is 4.29. The van der Waals surface area contributed by atoms with E-state index in [0.717, 1.165) is 25.7 Å². The van der Waals surface area contributed by atoms with Crippen LogP contribution in [0.1, 0.15) is 52.4 Å². The van der Waals surface area contributed by atoms with Gasteiger partial charge < -0.3 is 15.6 Å². The second-order valence-corrected chi connectivity index (χ2v) is 4.59. The Morgan fingerprint density at radius 2 is 1.94 bits per heavy atom. The molecular formula is C13H25NO4. The zero-order valence-electron chi connectivity index (χ0n) is 11.4. The fraction of sp³-hybridized carbons (Fsp3) is 0.846. The molecule has 0 rings (SSSR count). The summed E-state index contributed by atoms with van der Waals surface area (Å²) in [5.41, 5.74) is 5.56. The number of carbonyl (C=O) groups excluding carboxylic acids is 1. The molecule has 5 nitrogen and oxygen atoms in total. The molecule has 5 heteroatoms. The predicted molar refractivity (Wildman–Crippen MR) is 69.1 cm³/mol. The van der Waals surface area contributed by atoms with Crippen LogP contribution in [0.4, 0.5) is 0 Å². The molecule has 0 aromatic heterocycles. The lowest BCUT2D eigenvalue weighted by molar-refractivity contribution is -0.147. The Bertz CT molecular complexity index is 255. The molecule has 0 heterocycles. The second kappa shape index (κ2) is 9.88. The summed E-state index contributed by atoms with van der Waals surface area (Å²) in [5.74, 6) is -1.07. The van der Waals surface area contributed by atoms with Crippen molar-refractivity contribution >= 4 is 11.9 Å². The van der Waals surface area contributed by atoms with E-state index in [2.05, 4.69) is 13.8 Å². The van der Waals surface area contributed by atoms with Gasteiger partial charge in [0.05, 0.1) is 6.61 Å². The molecule has 18 heavy (non-hydrogen) atoms. The lowest BCUT2D eigenvalue weighted by Crippen LogP contribution is -2.33. The molecule has 0 saturated carbocycles. The monoisotopic (exact) mass is 259 g/mol. The van der Waals surface area contributed by atoms with Crippen LogP contribution < -0.4 is 5.73 Å². The number of aliphatic carboxylic acids is 1. The minimum atomic E-state index is -0.951. The number of carbonyl (C=O) groups is 2. The number of esters is 1. The molecule has 1 unspecified atom stereocenters. The Hall–Kier alpha value is -1.10. The van der Waals surface area contributed by atoms with E-state index in [1.54, 1.807) is 0 Å². The third kappa shape index (κ3) is 8.06. The highest BCUT2D eigenvalue weighted by atomic mass is 16.5. The maximum absolute atomic E-state index is 11.5. The van der Waals surface area contributed by atoms with E-state index in [-0.39, 0.29) is 12.8 Å². The summed E-state index contributed by atoms with van der Waals surface area (Å²) in [6, 6.07) is -0.829. The Morgan fingerprint density at radius 3 is 2.44 bits per heavy atom. The van der Waals surface area contributed by atoms with Crippen LogP contribution in [0.25, 0.3) is 0 Å². The van der Waals surface area contributed by atoms with Gasteiger partial charge in [0, 0.05) is 6.42 Å². The van der Waals surface area contributed by atoms with Gasteiger partial charge in [0.25, 0.3) is 0 Å². The third-order valence-electron chi connectivity index (χ3n) is 2.98. The maximum Gasteiger partial charge on any atom is 0.322 e. The number of unbranched alkanes of at least 4 members (excludes halogenated alkanes) is 1. The van der Waals surface area contributed by atoms with Crippen LogP contribution in [-0.4, -0.2) is 29.7 Å². The molecule has 0 bridgehead atoms. The van der Waals surface area contributed by atoms with Gasteiger partial charge in [-0.25, -0.2) is 0 Å². The van der Waals surface area contributed by atoms with Gasteiger partial charge in [-0.15, -0.1) is 0 Å². The highest BCUT2D eigenvalue weighted by Gasteiger charge is 2.17. The molecule has 0 aromatic rings. The van der Waals surface area contributed by atoms with E-state index in [9.17, 15) is 9.59 Å². The number of hydrogen-bond acceptors (Lipinski definition) is 4. The minimum absolute atomic E-state index is 0.108. The van der Waals surface area contributed by atoms with Gasteiger partial charge in [-0.05, 0) is 18.8 Å². The van der Waals surface area contributed by atoms with Crippen molar-refractivity contribution in [3.05, 3.63) is 0 Å². The smallest absolute Gasteiger partial charge is 0.322 e. The minimum Gasteiger partial charge on any atom is -0.481 e. The van der Waals surface area contributed by atoms with Crippen molar-refractivity contribution in [3.8, 4) is 0 Å². The van der Waals surface area contributed by atoms with E-state index in [1.807, 2.05) is 0 Å². The number of carboxylic acid groups (broad SMARTS) is 1. The van der Waals surface area contributed by atoms with Crippen LogP contribution in [-0.2, 0) is 14.3 Å². The molecule has 0 radical (unpaired) electrons.